The van der Waals surface area contributed by atoms with Gasteiger partial charge in [-0.3, -0.25) is 0 Å². The molecule has 0 bridgehead atoms. The van der Waals surface area contributed by atoms with Gasteiger partial charge >= 0.3 is 0 Å². The highest BCUT2D eigenvalue weighted by Crippen LogP contribution is 1.84. The molecule has 0 amide bonds. The predicted octanol–water partition coefficient (Wildman–Crippen LogP) is 4.82. The number of hydrogen-bond acceptors (Lipinski definition) is 1. The predicted molar refractivity (Wildman–Crippen MR) is 67.9 cm³/mol. The maximum Gasteiger partial charge on any atom is 0.0500 e. The molecular weight excluding hydrogens is 172 g/mol. The van der Waals surface area contributed by atoms with Crippen molar-refractivity contribution in [3.8, 4) is 0 Å². The summed E-state index contributed by atoms with van der Waals surface area (Å²) in [4.78, 5) is 0. The van der Waals surface area contributed by atoms with Gasteiger partial charge in [0.05, 0.1) is 0 Å². The Bertz CT molecular complexity index is 67.6. The smallest absolute Gasteiger partial charge is 0.0500 e. The molecule has 0 radical (unpaired) electrons. The van der Waals surface area contributed by atoms with Crippen molar-refractivity contribution in [3.05, 3.63) is 12.7 Å². The Kier molecular flexibility index (Phi) is 40.4. The Morgan fingerprint density at radius 2 is 1.43 bits per heavy atom. The number of rotatable bonds is 6. The summed E-state index contributed by atoms with van der Waals surface area (Å²) in [7, 11) is 0. The lowest BCUT2D eigenvalue weighted by Gasteiger charge is -1.96. The van der Waals surface area contributed by atoms with Crippen LogP contribution in [0.25, 0.3) is 0 Å². The van der Waals surface area contributed by atoms with Gasteiger partial charge in [0.1, 0.15) is 0 Å². The third kappa shape index (κ3) is 41.2. The van der Waals surface area contributed by atoms with Gasteiger partial charge < -0.3 is 4.74 Å². The fourth-order valence-corrected chi connectivity index (χ4v) is 0.413. The second-order valence-electron chi connectivity index (χ2n) is 2.69. The molecule has 0 heterocycles. The van der Waals surface area contributed by atoms with E-state index in [1.807, 2.05) is 19.9 Å². The first-order chi connectivity index (χ1) is 6.83. The van der Waals surface area contributed by atoms with Crippen LogP contribution in [-0.2, 0) is 4.74 Å². The standard InChI is InChI=1S/C7H14O.C4H10.C2H6/c1-3-5-7-8-6-4-2;1-3-4-2;1-2/h3H,1,4-7H2,2H3;3-4H2,1-2H3;1-2H3. The van der Waals surface area contributed by atoms with Crippen LogP contribution in [0.3, 0.4) is 0 Å². The monoisotopic (exact) mass is 202 g/mol. The zero-order valence-corrected chi connectivity index (χ0v) is 10.9. The van der Waals surface area contributed by atoms with E-state index in [-0.39, 0.29) is 0 Å². The summed E-state index contributed by atoms with van der Waals surface area (Å²) >= 11 is 0. The molecule has 0 aromatic heterocycles. The van der Waals surface area contributed by atoms with Crippen LogP contribution in [0.15, 0.2) is 12.7 Å². The topological polar surface area (TPSA) is 9.23 Å². The van der Waals surface area contributed by atoms with E-state index >= 15 is 0 Å². The number of ether oxygens (including phenoxy) is 1. The average Bonchev–Trinajstić information content (AvgIpc) is 2.28. The van der Waals surface area contributed by atoms with E-state index in [1.165, 1.54) is 12.8 Å². The Hall–Kier alpha value is -0.300. The van der Waals surface area contributed by atoms with E-state index in [0.29, 0.717) is 0 Å². The molecule has 1 nitrogen and oxygen atoms in total. The van der Waals surface area contributed by atoms with Gasteiger partial charge in [0.15, 0.2) is 0 Å². The van der Waals surface area contributed by atoms with Gasteiger partial charge in [0.2, 0.25) is 0 Å². The average molecular weight is 202 g/mol. The lowest BCUT2D eigenvalue weighted by Crippen LogP contribution is -1.92. The maximum atomic E-state index is 5.15. The van der Waals surface area contributed by atoms with Crippen LogP contribution in [-0.4, -0.2) is 13.2 Å². The second-order valence-corrected chi connectivity index (χ2v) is 2.69. The van der Waals surface area contributed by atoms with Crippen molar-refractivity contribution in [2.45, 2.75) is 60.3 Å². The molecule has 0 unspecified atom stereocenters. The summed E-state index contributed by atoms with van der Waals surface area (Å²) in [5, 5.41) is 0. The van der Waals surface area contributed by atoms with Gasteiger partial charge in [0.25, 0.3) is 0 Å². The summed E-state index contributed by atoms with van der Waals surface area (Å²) in [6.07, 6.45) is 6.59. The zero-order valence-electron chi connectivity index (χ0n) is 10.9. The fourth-order valence-electron chi connectivity index (χ4n) is 0.413. The normalized spacial score (nSPS) is 7.79. The largest absolute Gasteiger partial charge is 0.381 e. The van der Waals surface area contributed by atoms with E-state index in [9.17, 15) is 0 Å². The molecule has 0 aromatic rings. The molecule has 88 valence electrons. The van der Waals surface area contributed by atoms with Gasteiger partial charge in [-0.2, -0.15) is 0 Å². The van der Waals surface area contributed by atoms with Crippen LogP contribution in [0, 0.1) is 0 Å². The Morgan fingerprint density at radius 3 is 1.71 bits per heavy atom. The van der Waals surface area contributed by atoms with Gasteiger partial charge in [0, 0.05) is 13.2 Å². The first kappa shape index (κ1) is 19.3. The number of hydrogen-bond donors (Lipinski definition) is 0. The van der Waals surface area contributed by atoms with Crippen LogP contribution in [0.4, 0.5) is 0 Å². The lowest BCUT2D eigenvalue weighted by molar-refractivity contribution is 0.139. The van der Waals surface area contributed by atoms with Gasteiger partial charge in [-0.15, -0.1) is 6.58 Å². The van der Waals surface area contributed by atoms with Crippen LogP contribution >= 0.6 is 0 Å². The minimum Gasteiger partial charge on any atom is -0.381 e. The summed E-state index contributed by atoms with van der Waals surface area (Å²) in [5.74, 6) is 0. The highest BCUT2D eigenvalue weighted by Gasteiger charge is 1.79. The van der Waals surface area contributed by atoms with Crippen molar-refractivity contribution in [3.63, 3.8) is 0 Å². The molecule has 0 fully saturated rings. The highest BCUT2D eigenvalue weighted by molar-refractivity contribution is 4.64. The van der Waals surface area contributed by atoms with Crippen LogP contribution < -0.4 is 0 Å². The summed E-state index contributed by atoms with van der Waals surface area (Å²) in [6.45, 7) is 15.8. The summed E-state index contributed by atoms with van der Waals surface area (Å²) in [6, 6.07) is 0. The SMILES string of the molecule is C=CCCOCCC.CC.CCCC. The van der Waals surface area contributed by atoms with Crippen molar-refractivity contribution < 1.29 is 4.74 Å². The van der Waals surface area contributed by atoms with Gasteiger partial charge in [-0.25, -0.2) is 0 Å². The second kappa shape index (κ2) is 29.3. The first-order valence-corrected chi connectivity index (χ1v) is 6.02. The lowest BCUT2D eigenvalue weighted by atomic mass is 10.4. The number of unbranched alkanes of at least 4 members (excludes halogenated alkanes) is 1. The molecule has 0 N–H and O–H groups in total. The third-order valence-electron chi connectivity index (χ3n) is 1.31. The van der Waals surface area contributed by atoms with E-state index in [2.05, 4.69) is 27.4 Å². The van der Waals surface area contributed by atoms with Crippen molar-refractivity contribution >= 4 is 0 Å². The minimum absolute atomic E-state index is 0.831. The van der Waals surface area contributed by atoms with E-state index in [0.717, 1.165) is 26.1 Å². The molecule has 0 aliphatic carbocycles. The molecule has 1 heteroatoms. The molecule has 0 rings (SSSR count). The molecule has 0 aliphatic rings. The zero-order chi connectivity index (χ0) is 11.7. The van der Waals surface area contributed by atoms with Crippen LogP contribution in [0.2, 0.25) is 0 Å². The van der Waals surface area contributed by atoms with E-state index in [4.69, 9.17) is 4.74 Å². The molecule has 0 atom stereocenters. The molecule has 0 spiro atoms. The molecule has 0 aromatic carbocycles. The maximum absolute atomic E-state index is 5.15. The Labute approximate surface area is 91.6 Å². The van der Waals surface area contributed by atoms with E-state index in [1.54, 1.807) is 0 Å². The van der Waals surface area contributed by atoms with Gasteiger partial charge in [-0.1, -0.05) is 53.5 Å². The Morgan fingerprint density at radius 1 is 0.929 bits per heavy atom. The highest BCUT2D eigenvalue weighted by atomic mass is 16.5. The quantitative estimate of drug-likeness (QED) is 0.443. The summed E-state index contributed by atoms with van der Waals surface area (Å²) < 4.78 is 5.15. The van der Waals surface area contributed by atoms with Gasteiger partial charge in [-0.05, 0) is 12.8 Å². The fraction of sp³-hybridized carbons (Fsp3) is 0.846. The van der Waals surface area contributed by atoms with Crippen LogP contribution in [0.5, 0.6) is 0 Å². The molecule has 14 heavy (non-hydrogen) atoms. The molecule has 0 aliphatic heterocycles. The third-order valence-corrected chi connectivity index (χ3v) is 1.31. The minimum atomic E-state index is 0.831. The summed E-state index contributed by atoms with van der Waals surface area (Å²) in [5.41, 5.74) is 0. The van der Waals surface area contributed by atoms with Crippen LogP contribution in [0.1, 0.15) is 60.3 Å². The van der Waals surface area contributed by atoms with Crippen molar-refractivity contribution in [2.75, 3.05) is 13.2 Å². The van der Waals surface area contributed by atoms with Crippen molar-refractivity contribution in [1.29, 1.82) is 0 Å². The molecular formula is C13H30O. The Balaban J connectivity index is -0.000000170. The molecule has 0 saturated carbocycles. The van der Waals surface area contributed by atoms with Crippen molar-refractivity contribution in [2.24, 2.45) is 0 Å². The van der Waals surface area contributed by atoms with Crippen molar-refractivity contribution in [1.82, 2.24) is 0 Å². The first-order valence-electron chi connectivity index (χ1n) is 6.02. The molecule has 0 saturated heterocycles. The van der Waals surface area contributed by atoms with E-state index < -0.39 is 0 Å².